The molecule has 6 heteroatoms. The summed E-state index contributed by atoms with van der Waals surface area (Å²) in [5, 5.41) is 2.09. The van der Waals surface area contributed by atoms with Crippen molar-refractivity contribution in [3.63, 3.8) is 0 Å². The predicted molar refractivity (Wildman–Crippen MR) is 108 cm³/mol. The highest BCUT2D eigenvalue weighted by molar-refractivity contribution is 5.98. The molecule has 1 amide bonds. The fourth-order valence-corrected chi connectivity index (χ4v) is 3.91. The number of nitrogens with two attached hydrogens (primary N) is 1. The van der Waals surface area contributed by atoms with Crippen LogP contribution in [0.5, 0.6) is 5.75 Å². The van der Waals surface area contributed by atoms with E-state index in [4.69, 9.17) is 19.9 Å². The molecule has 1 fully saturated rings. The summed E-state index contributed by atoms with van der Waals surface area (Å²) in [5.41, 5.74) is 7.32. The first-order chi connectivity index (χ1) is 13.6. The van der Waals surface area contributed by atoms with Crippen LogP contribution in [0.1, 0.15) is 24.3 Å². The monoisotopic (exact) mass is 379 g/mol. The van der Waals surface area contributed by atoms with E-state index in [9.17, 15) is 4.79 Å². The van der Waals surface area contributed by atoms with Crippen molar-refractivity contribution in [1.29, 1.82) is 0 Å². The first-order valence-electron chi connectivity index (χ1n) is 9.61. The molecule has 28 heavy (non-hydrogen) atoms. The van der Waals surface area contributed by atoms with Crippen LogP contribution in [-0.2, 0) is 11.3 Å². The number of rotatable bonds is 5. The number of piperidine rings is 1. The van der Waals surface area contributed by atoms with Crippen LogP contribution in [0.4, 0.5) is 0 Å². The molecule has 1 aliphatic rings. The molecule has 2 aromatic carbocycles. The molecule has 0 bridgehead atoms. The quantitative estimate of drug-likeness (QED) is 0.734. The summed E-state index contributed by atoms with van der Waals surface area (Å²) >= 11 is 0. The van der Waals surface area contributed by atoms with Crippen LogP contribution in [0.2, 0.25) is 0 Å². The summed E-state index contributed by atoms with van der Waals surface area (Å²) in [6.45, 7) is 4.37. The lowest BCUT2D eigenvalue weighted by molar-refractivity contribution is -0.123. The number of primary amides is 1. The summed E-state index contributed by atoms with van der Waals surface area (Å²) in [5.74, 6) is 2.09. The average Bonchev–Trinajstić information content (AvgIpc) is 3.07. The lowest BCUT2D eigenvalue weighted by Gasteiger charge is -2.29. The van der Waals surface area contributed by atoms with Crippen LogP contribution < -0.4 is 10.5 Å². The van der Waals surface area contributed by atoms with Crippen molar-refractivity contribution in [2.45, 2.75) is 26.3 Å². The molecule has 146 valence electrons. The minimum atomic E-state index is -0.189. The molecule has 0 aliphatic carbocycles. The Morgan fingerprint density at radius 1 is 1.21 bits per heavy atom. The third kappa shape index (κ3) is 3.47. The van der Waals surface area contributed by atoms with Crippen LogP contribution >= 0.6 is 0 Å². The van der Waals surface area contributed by atoms with Gasteiger partial charge in [-0.25, -0.2) is 4.98 Å². The average molecular weight is 379 g/mol. The van der Waals surface area contributed by atoms with Crippen LogP contribution in [0, 0.1) is 12.8 Å². The normalized spacial score (nSPS) is 15.8. The van der Waals surface area contributed by atoms with Gasteiger partial charge in [-0.1, -0.05) is 24.3 Å². The SMILES string of the molecule is COc1ccc(-c2nc(CN3CCC(C(N)=O)CC3)c(C)o2)c2ccccc12. The van der Waals surface area contributed by atoms with Crippen molar-refractivity contribution >= 4 is 16.7 Å². The number of aromatic nitrogens is 1. The maximum atomic E-state index is 11.4. The second kappa shape index (κ2) is 7.64. The zero-order chi connectivity index (χ0) is 19.7. The van der Waals surface area contributed by atoms with Crippen molar-refractivity contribution in [1.82, 2.24) is 9.88 Å². The number of fused-ring (bicyclic) bond motifs is 1. The first kappa shape index (κ1) is 18.5. The van der Waals surface area contributed by atoms with E-state index in [1.54, 1.807) is 7.11 Å². The van der Waals surface area contributed by atoms with Crippen molar-refractivity contribution in [3.05, 3.63) is 47.9 Å². The standard InChI is InChI=1S/C22H25N3O3/c1-14-19(13-25-11-9-15(10-12-25)21(23)26)24-22(28-14)18-7-8-20(27-2)17-6-4-3-5-16(17)18/h3-8,15H,9-13H2,1-2H3,(H2,23,26). The van der Waals surface area contributed by atoms with E-state index < -0.39 is 0 Å². The number of aryl methyl sites for hydroxylation is 1. The third-order valence-electron chi connectivity index (χ3n) is 5.59. The summed E-state index contributed by atoms with van der Waals surface area (Å²) in [7, 11) is 1.68. The molecular formula is C22H25N3O3. The van der Waals surface area contributed by atoms with Crippen molar-refractivity contribution in [2.24, 2.45) is 11.7 Å². The molecule has 0 spiro atoms. The summed E-state index contributed by atoms with van der Waals surface area (Å²) in [4.78, 5) is 18.5. The molecule has 4 rings (SSSR count). The molecule has 1 saturated heterocycles. The number of nitrogens with zero attached hydrogens (tertiary/aromatic N) is 2. The summed E-state index contributed by atoms with van der Waals surface area (Å²) < 4.78 is 11.5. The topological polar surface area (TPSA) is 81.6 Å². The van der Waals surface area contributed by atoms with Gasteiger partial charge in [0.05, 0.1) is 12.8 Å². The Morgan fingerprint density at radius 2 is 1.93 bits per heavy atom. The van der Waals surface area contributed by atoms with Crippen LogP contribution in [0.25, 0.3) is 22.2 Å². The molecular weight excluding hydrogens is 354 g/mol. The van der Waals surface area contributed by atoms with Gasteiger partial charge in [-0.15, -0.1) is 0 Å². The lowest BCUT2D eigenvalue weighted by atomic mass is 9.96. The number of amides is 1. The van der Waals surface area contributed by atoms with Gasteiger partial charge < -0.3 is 14.9 Å². The molecule has 0 unspecified atom stereocenters. The highest BCUT2D eigenvalue weighted by atomic mass is 16.5. The van der Waals surface area contributed by atoms with Crippen LogP contribution in [0.3, 0.4) is 0 Å². The second-order valence-corrected chi connectivity index (χ2v) is 7.34. The largest absolute Gasteiger partial charge is 0.496 e. The number of hydrogen-bond acceptors (Lipinski definition) is 5. The molecule has 1 aliphatic heterocycles. The van der Waals surface area contributed by atoms with E-state index in [0.29, 0.717) is 5.89 Å². The fraction of sp³-hybridized carbons (Fsp3) is 0.364. The van der Waals surface area contributed by atoms with Gasteiger partial charge in [0.25, 0.3) is 0 Å². The van der Waals surface area contributed by atoms with Gasteiger partial charge in [0.1, 0.15) is 11.5 Å². The maximum Gasteiger partial charge on any atom is 0.227 e. The summed E-state index contributed by atoms with van der Waals surface area (Å²) in [6, 6.07) is 12.0. The number of carbonyl (C=O) groups excluding carboxylic acids is 1. The third-order valence-corrected chi connectivity index (χ3v) is 5.59. The van der Waals surface area contributed by atoms with Gasteiger partial charge in [-0.3, -0.25) is 9.69 Å². The fourth-order valence-electron chi connectivity index (χ4n) is 3.91. The molecule has 0 saturated carbocycles. The van der Waals surface area contributed by atoms with Gasteiger partial charge in [-0.05, 0) is 50.4 Å². The van der Waals surface area contributed by atoms with E-state index in [1.165, 1.54) is 0 Å². The number of benzene rings is 2. The highest BCUT2D eigenvalue weighted by Crippen LogP contribution is 2.35. The minimum Gasteiger partial charge on any atom is -0.496 e. The number of likely N-dealkylation sites (tertiary alicyclic amines) is 1. The molecule has 0 atom stereocenters. The van der Waals surface area contributed by atoms with E-state index in [2.05, 4.69) is 11.0 Å². The molecule has 6 nitrogen and oxygen atoms in total. The van der Waals surface area contributed by atoms with Gasteiger partial charge in [-0.2, -0.15) is 0 Å². The Bertz CT molecular complexity index is 1000. The Hall–Kier alpha value is -2.86. The second-order valence-electron chi connectivity index (χ2n) is 7.34. The number of methoxy groups -OCH3 is 1. The Labute approximate surface area is 164 Å². The molecule has 3 aromatic rings. The number of carbonyl (C=O) groups is 1. The highest BCUT2D eigenvalue weighted by Gasteiger charge is 2.24. The summed E-state index contributed by atoms with van der Waals surface area (Å²) in [6.07, 6.45) is 1.62. The van der Waals surface area contributed by atoms with Crippen LogP contribution in [0.15, 0.2) is 40.8 Å². The smallest absolute Gasteiger partial charge is 0.227 e. The van der Waals surface area contributed by atoms with Gasteiger partial charge in [0.15, 0.2) is 0 Å². The van der Waals surface area contributed by atoms with Gasteiger partial charge >= 0.3 is 0 Å². The van der Waals surface area contributed by atoms with E-state index in [1.807, 2.05) is 37.3 Å². The number of hydrogen-bond donors (Lipinski definition) is 1. The molecule has 2 heterocycles. The lowest BCUT2D eigenvalue weighted by Crippen LogP contribution is -2.38. The van der Waals surface area contributed by atoms with Crippen LogP contribution in [-0.4, -0.2) is 36.0 Å². The van der Waals surface area contributed by atoms with E-state index in [0.717, 1.165) is 66.0 Å². The van der Waals surface area contributed by atoms with Gasteiger partial charge in [0.2, 0.25) is 11.8 Å². The van der Waals surface area contributed by atoms with E-state index >= 15 is 0 Å². The predicted octanol–water partition coefficient (Wildman–Crippen LogP) is 3.51. The maximum absolute atomic E-state index is 11.4. The Kier molecular flexibility index (Phi) is 5.05. The zero-order valence-corrected chi connectivity index (χ0v) is 16.3. The Morgan fingerprint density at radius 3 is 2.61 bits per heavy atom. The van der Waals surface area contributed by atoms with E-state index in [-0.39, 0.29) is 11.8 Å². The molecule has 0 radical (unpaired) electrons. The first-order valence-corrected chi connectivity index (χ1v) is 9.61. The van der Waals surface area contributed by atoms with Gasteiger partial charge in [0, 0.05) is 23.4 Å². The van der Waals surface area contributed by atoms with Crippen molar-refractivity contribution in [2.75, 3.05) is 20.2 Å². The number of oxazole rings is 1. The molecule has 1 aromatic heterocycles. The van der Waals surface area contributed by atoms with Crippen molar-refractivity contribution in [3.8, 4) is 17.2 Å². The zero-order valence-electron chi connectivity index (χ0n) is 16.3. The van der Waals surface area contributed by atoms with Crippen molar-refractivity contribution < 1.29 is 13.9 Å². The minimum absolute atomic E-state index is 0.00381. The Balaban J connectivity index is 1.59. The number of ether oxygens (including phenoxy) is 1. The molecule has 2 N–H and O–H groups in total.